The van der Waals surface area contributed by atoms with Crippen LogP contribution in [0.4, 0.5) is 5.00 Å². The van der Waals surface area contributed by atoms with E-state index in [0.29, 0.717) is 10.6 Å². The third-order valence-electron chi connectivity index (χ3n) is 4.36. The number of methoxy groups -OCH3 is 1. The lowest BCUT2D eigenvalue weighted by Gasteiger charge is -2.17. The number of benzene rings is 2. The first-order chi connectivity index (χ1) is 13.6. The fourth-order valence-corrected chi connectivity index (χ4v) is 3.75. The molecule has 2 amide bonds. The molecule has 0 saturated carbocycles. The molecule has 1 heterocycles. The maximum absolute atomic E-state index is 12.4. The molecule has 6 nitrogen and oxygen atoms in total. The molecule has 0 aliphatic rings. The highest BCUT2D eigenvalue weighted by Gasteiger charge is 2.20. The van der Waals surface area contributed by atoms with Crippen LogP contribution in [0.5, 0.6) is 5.75 Å². The van der Waals surface area contributed by atoms with E-state index in [1.54, 1.807) is 18.6 Å². The van der Waals surface area contributed by atoms with Crippen molar-refractivity contribution in [2.45, 2.75) is 6.04 Å². The zero-order valence-corrected chi connectivity index (χ0v) is 16.2. The summed E-state index contributed by atoms with van der Waals surface area (Å²) in [6.45, 7) is 0.196. The molecule has 1 aromatic heterocycles. The van der Waals surface area contributed by atoms with Crippen molar-refractivity contribution in [3.05, 3.63) is 82.7 Å². The van der Waals surface area contributed by atoms with E-state index in [0.717, 1.165) is 16.9 Å². The van der Waals surface area contributed by atoms with Gasteiger partial charge < -0.3 is 21.1 Å². The quantitative estimate of drug-likeness (QED) is 0.544. The second kappa shape index (κ2) is 9.16. The van der Waals surface area contributed by atoms with Crippen molar-refractivity contribution in [3.8, 4) is 5.75 Å². The van der Waals surface area contributed by atoms with E-state index in [1.807, 2.05) is 59.9 Å². The van der Waals surface area contributed by atoms with Crippen LogP contribution in [0.25, 0.3) is 0 Å². The molecule has 0 aliphatic carbocycles. The van der Waals surface area contributed by atoms with Gasteiger partial charge >= 0.3 is 0 Å². The SMILES string of the molecule is COc1ccc([C@H]([NH2+]CC(=O)Nc2sccc2C(N)=O)c2ccccc2)cc1. The van der Waals surface area contributed by atoms with E-state index >= 15 is 0 Å². The van der Waals surface area contributed by atoms with Crippen molar-refractivity contribution in [1.82, 2.24) is 0 Å². The minimum atomic E-state index is -0.555. The van der Waals surface area contributed by atoms with Crippen molar-refractivity contribution >= 4 is 28.2 Å². The van der Waals surface area contributed by atoms with Crippen molar-refractivity contribution in [3.63, 3.8) is 0 Å². The standard InChI is InChI=1S/C21H21N3O3S/c1-27-16-9-7-15(8-10-16)19(14-5-3-2-4-6-14)23-13-18(25)24-21-17(20(22)26)11-12-28-21/h2-12,19,23H,13H2,1H3,(H2,22,26)(H,24,25)/p+1/t19-/m1/s1. The van der Waals surface area contributed by atoms with Crippen LogP contribution >= 0.6 is 11.3 Å². The lowest BCUT2D eigenvalue weighted by atomic mass is 9.98. The molecule has 0 unspecified atom stereocenters. The number of ether oxygens (including phenoxy) is 1. The van der Waals surface area contributed by atoms with E-state index < -0.39 is 5.91 Å². The zero-order valence-electron chi connectivity index (χ0n) is 15.4. The number of rotatable bonds is 8. The molecule has 3 aromatic rings. The third-order valence-corrected chi connectivity index (χ3v) is 5.19. The highest BCUT2D eigenvalue weighted by molar-refractivity contribution is 7.14. The maximum Gasteiger partial charge on any atom is 0.280 e. The number of carbonyl (C=O) groups is 2. The molecule has 0 fully saturated rings. The Balaban J connectivity index is 1.73. The summed E-state index contributed by atoms with van der Waals surface area (Å²) in [4.78, 5) is 23.9. The number of hydrogen-bond acceptors (Lipinski definition) is 4. The van der Waals surface area contributed by atoms with Crippen LogP contribution in [0.2, 0.25) is 0 Å². The summed E-state index contributed by atoms with van der Waals surface area (Å²) >= 11 is 1.28. The molecular formula is C21H22N3O3S+. The van der Waals surface area contributed by atoms with Gasteiger partial charge in [-0.3, -0.25) is 9.59 Å². The van der Waals surface area contributed by atoms with Gasteiger partial charge in [0.25, 0.3) is 11.8 Å². The van der Waals surface area contributed by atoms with Gasteiger partial charge in [-0.25, -0.2) is 0 Å². The molecule has 7 heteroatoms. The molecule has 1 atom stereocenters. The van der Waals surface area contributed by atoms with E-state index in [-0.39, 0.29) is 18.5 Å². The average Bonchev–Trinajstić information content (AvgIpc) is 3.18. The van der Waals surface area contributed by atoms with Crippen LogP contribution in [0.3, 0.4) is 0 Å². The highest BCUT2D eigenvalue weighted by Crippen LogP contribution is 2.23. The van der Waals surface area contributed by atoms with Gasteiger partial charge in [0.2, 0.25) is 0 Å². The Hall–Kier alpha value is -3.16. The average molecular weight is 396 g/mol. The number of thiophene rings is 1. The van der Waals surface area contributed by atoms with Gasteiger partial charge in [0, 0.05) is 11.1 Å². The number of amides is 2. The zero-order chi connectivity index (χ0) is 19.9. The van der Waals surface area contributed by atoms with Crippen LogP contribution in [-0.4, -0.2) is 25.5 Å². The van der Waals surface area contributed by atoms with Crippen LogP contribution in [0.15, 0.2) is 66.0 Å². The highest BCUT2D eigenvalue weighted by atomic mass is 32.1. The molecular weight excluding hydrogens is 374 g/mol. The second-order valence-electron chi connectivity index (χ2n) is 6.18. The summed E-state index contributed by atoms with van der Waals surface area (Å²) in [7, 11) is 1.63. The van der Waals surface area contributed by atoms with Crippen LogP contribution in [0.1, 0.15) is 27.5 Å². The summed E-state index contributed by atoms with van der Waals surface area (Å²) in [5.74, 6) is 0.0327. The number of quaternary nitrogens is 1. The lowest BCUT2D eigenvalue weighted by molar-refractivity contribution is -0.676. The number of anilines is 1. The summed E-state index contributed by atoms with van der Waals surface area (Å²) in [5.41, 5.74) is 7.81. The normalized spacial score (nSPS) is 11.6. The van der Waals surface area contributed by atoms with Crippen molar-refractivity contribution in [1.29, 1.82) is 0 Å². The monoisotopic (exact) mass is 396 g/mol. The van der Waals surface area contributed by atoms with Crippen LogP contribution < -0.4 is 21.1 Å². The Morgan fingerprint density at radius 1 is 1.07 bits per heavy atom. The predicted molar refractivity (Wildman–Crippen MR) is 110 cm³/mol. The van der Waals surface area contributed by atoms with Gasteiger partial charge in [0.1, 0.15) is 16.8 Å². The van der Waals surface area contributed by atoms with Gasteiger partial charge in [-0.2, -0.15) is 0 Å². The van der Waals surface area contributed by atoms with Gasteiger partial charge in [0.15, 0.2) is 6.54 Å². The van der Waals surface area contributed by atoms with Crippen molar-refractivity contribution in [2.24, 2.45) is 5.73 Å². The number of carbonyl (C=O) groups excluding carboxylic acids is 2. The molecule has 0 saturated heterocycles. The first-order valence-corrected chi connectivity index (χ1v) is 9.66. The minimum absolute atomic E-state index is 0.0446. The molecule has 144 valence electrons. The number of hydrogen-bond donors (Lipinski definition) is 3. The summed E-state index contributed by atoms with van der Waals surface area (Å²) in [6.07, 6.45) is 0. The van der Waals surface area contributed by atoms with Crippen molar-refractivity contribution < 1.29 is 19.6 Å². The summed E-state index contributed by atoms with van der Waals surface area (Å²) in [5, 5.41) is 6.94. The van der Waals surface area contributed by atoms with Crippen molar-refractivity contribution in [2.75, 3.05) is 19.0 Å². The summed E-state index contributed by atoms with van der Waals surface area (Å²) in [6, 6.07) is 19.4. The molecule has 0 radical (unpaired) electrons. The molecule has 2 aromatic carbocycles. The molecule has 3 rings (SSSR count). The lowest BCUT2D eigenvalue weighted by Crippen LogP contribution is -2.87. The fourth-order valence-electron chi connectivity index (χ4n) is 2.94. The topological polar surface area (TPSA) is 98.0 Å². The largest absolute Gasteiger partial charge is 0.497 e. The van der Waals surface area contributed by atoms with E-state index in [1.165, 1.54) is 11.3 Å². The minimum Gasteiger partial charge on any atom is -0.497 e. The third kappa shape index (κ3) is 4.76. The first-order valence-electron chi connectivity index (χ1n) is 8.78. The van der Waals surface area contributed by atoms with Gasteiger partial charge in [-0.15, -0.1) is 11.3 Å². The van der Waals surface area contributed by atoms with E-state index in [2.05, 4.69) is 5.32 Å². The second-order valence-corrected chi connectivity index (χ2v) is 7.09. The van der Waals surface area contributed by atoms with Gasteiger partial charge in [-0.1, -0.05) is 30.3 Å². The molecule has 28 heavy (non-hydrogen) atoms. The Kier molecular flexibility index (Phi) is 6.41. The van der Waals surface area contributed by atoms with Gasteiger partial charge in [0.05, 0.1) is 12.7 Å². The maximum atomic E-state index is 12.4. The summed E-state index contributed by atoms with van der Waals surface area (Å²) < 4.78 is 5.23. The predicted octanol–water partition coefficient (Wildman–Crippen LogP) is 2.15. The van der Waals surface area contributed by atoms with Gasteiger partial charge in [-0.05, 0) is 35.7 Å². The van der Waals surface area contributed by atoms with E-state index in [4.69, 9.17) is 10.5 Å². The Morgan fingerprint density at radius 2 is 1.75 bits per heavy atom. The smallest absolute Gasteiger partial charge is 0.280 e. The Labute approximate surface area is 167 Å². The fraction of sp³-hybridized carbons (Fsp3) is 0.143. The van der Waals surface area contributed by atoms with E-state index in [9.17, 15) is 9.59 Å². The Bertz CT molecular complexity index is 939. The number of primary amides is 1. The first kappa shape index (κ1) is 19.6. The molecule has 0 aliphatic heterocycles. The molecule has 0 spiro atoms. The van der Waals surface area contributed by atoms with Crippen LogP contribution in [0, 0.1) is 0 Å². The number of nitrogens with two attached hydrogens (primary N) is 2. The van der Waals surface area contributed by atoms with Crippen LogP contribution in [-0.2, 0) is 4.79 Å². The molecule has 5 N–H and O–H groups in total. The molecule has 0 bridgehead atoms. The number of nitrogens with one attached hydrogen (secondary N) is 1. The Morgan fingerprint density at radius 3 is 2.39 bits per heavy atom.